The number of hydrogen-bond donors (Lipinski definition) is 1. The zero-order chi connectivity index (χ0) is 14.1. The molecule has 0 aliphatic heterocycles. The molecule has 0 amide bonds. The third-order valence-corrected chi connectivity index (χ3v) is 3.57. The van der Waals surface area contributed by atoms with Crippen LogP contribution in [0.3, 0.4) is 0 Å². The number of aliphatic hydroxyl groups excluding tert-OH is 1. The first kappa shape index (κ1) is 12.8. The summed E-state index contributed by atoms with van der Waals surface area (Å²) in [6.45, 7) is 1.83. The van der Waals surface area contributed by atoms with E-state index in [4.69, 9.17) is 0 Å². The number of aliphatic hydroxyl groups is 1. The predicted octanol–water partition coefficient (Wildman–Crippen LogP) is 4.37. The van der Waals surface area contributed by atoms with Gasteiger partial charge in [0, 0.05) is 5.56 Å². The molecule has 0 aromatic heterocycles. The molecule has 0 radical (unpaired) electrons. The fourth-order valence-electron chi connectivity index (χ4n) is 2.51. The summed E-state index contributed by atoms with van der Waals surface area (Å²) in [4.78, 5) is 0. The molecule has 2 heteroatoms. The summed E-state index contributed by atoms with van der Waals surface area (Å²) in [7, 11) is 0. The normalized spacial score (nSPS) is 12.6. The Morgan fingerprint density at radius 2 is 1.65 bits per heavy atom. The minimum atomic E-state index is -0.957. The zero-order valence-corrected chi connectivity index (χ0v) is 11.2. The van der Waals surface area contributed by atoms with Gasteiger partial charge in [-0.3, -0.25) is 0 Å². The monoisotopic (exact) mass is 266 g/mol. The first-order valence-corrected chi connectivity index (χ1v) is 6.58. The Hall–Kier alpha value is -2.19. The molecule has 1 atom stereocenters. The minimum absolute atomic E-state index is 0.312. The van der Waals surface area contributed by atoms with Crippen molar-refractivity contribution < 1.29 is 9.50 Å². The summed E-state index contributed by atoms with van der Waals surface area (Å²) >= 11 is 0. The van der Waals surface area contributed by atoms with Crippen molar-refractivity contribution in [3.63, 3.8) is 0 Å². The molecule has 100 valence electrons. The summed E-state index contributed by atoms with van der Waals surface area (Å²) in [5.41, 5.74) is 1.88. The number of hydrogen-bond acceptors (Lipinski definition) is 1. The molecule has 1 N–H and O–H groups in total. The van der Waals surface area contributed by atoms with Gasteiger partial charge in [-0.1, -0.05) is 54.6 Å². The van der Waals surface area contributed by atoms with E-state index in [0.717, 1.165) is 21.9 Å². The number of halogens is 1. The van der Waals surface area contributed by atoms with Gasteiger partial charge in [0.05, 0.1) is 0 Å². The van der Waals surface area contributed by atoms with E-state index in [0.29, 0.717) is 5.56 Å². The van der Waals surface area contributed by atoms with Crippen LogP contribution in [-0.4, -0.2) is 5.11 Å². The zero-order valence-electron chi connectivity index (χ0n) is 11.2. The summed E-state index contributed by atoms with van der Waals surface area (Å²) in [6.07, 6.45) is -0.957. The predicted molar refractivity (Wildman–Crippen MR) is 79.1 cm³/mol. The molecule has 20 heavy (non-hydrogen) atoms. The number of fused-ring (bicyclic) bond motifs is 1. The topological polar surface area (TPSA) is 20.2 Å². The van der Waals surface area contributed by atoms with Crippen molar-refractivity contribution in [2.75, 3.05) is 0 Å². The quantitative estimate of drug-likeness (QED) is 0.730. The number of aryl methyl sites for hydroxylation is 1. The van der Waals surface area contributed by atoms with Crippen molar-refractivity contribution in [2.45, 2.75) is 13.0 Å². The van der Waals surface area contributed by atoms with E-state index in [1.165, 1.54) is 6.07 Å². The van der Waals surface area contributed by atoms with E-state index in [1.54, 1.807) is 6.07 Å². The van der Waals surface area contributed by atoms with Crippen LogP contribution in [0.1, 0.15) is 22.8 Å². The highest BCUT2D eigenvalue weighted by Crippen LogP contribution is 2.30. The van der Waals surface area contributed by atoms with Crippen molar-refractivity contribution in [1.82, 2.24) is 0 Å². The van der Waals surface area contributed by atoms with Crippen LogP contribution in [0.5, 0.6) is 0 Å². The van der Waals surface area contributed by atoms with Crippen molar-refractivity contribution in [1.29, 1.82) is 0 Å². The maximum absolute atomic E-state index is 14.0. The summed E-state index contributed by atoms with van der Waals surface area (Å²) in [5.74, 6) is -0.370. The lowest BCUT2D eigenvalue weighted by atomic mass is 9.95. The van der Waals surface area contributed by atoms with Crippen molar-refractivity contribution in [2.24, 2.45) is 0 Å². The molecule has 3 rings (SSSR count). The highest BCUT2D eigenvalue weighted by atomic mass is 19.1. The lowest BCUT2D eigenvalue weighted by Crippen LogP contribution is -2.03. The van der Waals surface area contributed by atoms with Gasteiger partial charge in [0.15, 0.2) is 0 Å². The van der Waals surface area contributed by atoms with Gasteiger partial charge in [-0.2, -0.15) is 0 Å². The van der Waals surface area contributed by atoms with Gasteiger partial charge >= 0.3 is 0 Å². The van der Waals surface area contributed by atoms with Crippen LogP contribution in [0.2, 0.25) is 0 Å². The van der Waals surface area contributed by atoms with E-state index in [1.807, 2.05) is 55.5 Å². The average Bonchev–Trinajstić information content (AvgIpc) is 2.46. The van der Waals surface area contributed by atoms with Crippen LogP contribution in [0.4, 0.5) is 4.39 Å². The Labute approximate surface area is 117 Å². The van der Waals surface area contributed by atoms with E-state index < -0.39 is 6.10 Å². The molecule has 0 aliphatic rings. The van der Waals surface area contributed by atoms with Crippen LogP contribution >= 0.6 is 0 Å². The van der Waals surface area contributed by atoms with Crippen LogP contribution in [0.25, 0.3) is 10.8 Å². The van der Waals surface area contributed by atoms with E-state index in [2.05, 4.69) is 0 Å². The molecule has 0 saturated carbocycles. The fraction of sp³-hybridized carbons (Fsp3) is 0.111. The first-order valence-electron chi connectivity index (χ1n) is 6.58. The molecule has 3 aromatic rings. The lowest BCUT2D eigenvalue weighted by Gasteiger charge is -2.15. The second-order valence-corrected chi connectivity index (χ2v) is 5.00. The Bertz CT molecular complexity index is 759. The van der Waals surface area contributed by atoms with E-state index in [9.17, 15) is 9.50 Å². The second kappa shape index (κ2) is 5.06. The fourth-order valence-corrected chi connectivity index (χ4v) is 2.51. The Balaban J connectivity index is 2.15. The molecule has 1 nitrogen and oxygen atoms in total. The lowest BCUT2D eigenvalue weighted by molar-refractivity contribution is 0.216. The van der Waals surface area contributed by atoms with Crippen LogP contribution in [0, 0.1) is 12.7 Å². The van der Waals surface area contributed by atoms with Crippen LogP contribution in [-0.2, 0) is 0 Å². The van der Waals surface area contributed by atoms with Crippen molar-refractivity contribution in [3.05, 3.63) is 83.2 Å². The molecule has 1 unspecified atom stereocenters. The van der Waals surface area contributed by atoms with Gasteiger partial charge in [0.2, 0.25) is 0 Å². The molecule has 0 fully saturated rings. The SMILES string of the molecule is Cc1ccc(C(O)c2cccc3ccccc23)c(F)c1. The van der Waals surface area contributed by atoms with Gasteiger partial charge in [-0.05, 0) is 34.9 Å². The molecule has 0 heterocycles. The second-order valence-electron chi connectivity index (χ2n) is 5.00. The van der Waals surface area contributed by atoms with Gasteiger partial charge in [0.25, 0.3) is 0 Å². The van der Waals surface area contributed by atoms with Gasteiger partial charge in [0.1, 0.15) is 11.9 Å². The maximum atomic E-state index is 14.0. The average molecular weight is 266 g/mol. The molecular weight excluding hydrogens is 251 g/mol. The number of benzene rings is 3. The molecule has 0 aliphatic carbocycles. The van der Waals surface area contributed by atoms with Crippen molar-refractivity contribution >= 4 is 10.8 Å². The highest BCUT2D eigenvalue weighted by Gasteiger charge is 2.17. The molecule has 3 aromatic carbocycles. The molecule has 0 spiro atoms. The Kier molecular flexibility index (Phi) is 3.25. The standard InChI is InChI=1S/C18H15FO/c1-12-9-10-16(17(19)11-12)18(20)15-8-4-6-13-5-2-3-7-14(13)15/h2-11,18,20H,1H3. The van der Waals surface area contributed by atoms with E-state index in [-0.39, 0.29) is 5.82 Å². The van der Waals surface area contributed by atoms with Gasteiger partial charge < -0.3 is 5.11 Å². The largest absolute Gasteiger partial charge is 0.384 e. The first-order chi connectivity index (χ1) is 9.66. The van der Waals surface area contributed by atoms with Crippen LogP contribution in [0.15, 0.2) is 60.7 Å². The van der Waals surface area contributed by atoms with Crippen LogP contribution < -0.4 is 0 Å². The van der Waals surface area contributed by atoms with E-state index >= 15 is 0 Å². The van der Waals surface area contributed by atoms with Crippen molar-refractivity contribution in [3.8, 4) is 0 Å². The molecular formula is C18H15FO. The summed E-state index contributed by atoms with van der Waals surface area (Å²) in [6, 6.07) is 18.4. The Morgan fingerprint density at radius 3 is 2.45 bits per heavy atom. The molecule has 0 saturated heterocycles. The summed E-state index contributed by atoms with van der Waals surface area (Å²) in [5, 5.41) is 12.5. The number of rotatable bonds is 2. The minimum Gasteiger partial charge on any atom is -0.384 e. The maximum Gasteiger partial charge on any atom is 0.129 e. The third kappa shape index (κ3) is 2.19. The molecule has 0 bridgehead atoms. The third-order valence-electron chi connectivity index (χ3n) is 3.57. The summed E-state index contributed by atoms with van der Waals surface area (Å²) < 4.78 is 14.0. The smallest absolute Gasteiger partial charge is 0.129 e. The van der Waals surface area contributed by atoms with Gasteiger partial charge in [-0.25, -0.2) is 4.39 Å². The highest BCUT2D eigenvalue weighted by molar-refractivity contribution is 5.86. The van der Waals surface area contributed by atoms with Gasteiger partial charge in [-0.15, -0.1) is 0 Å². The Morgan fingerprint density at radius 1 is 0.900 bits per heavy atom.